The van der Waals surface area contributed by atoms with Crippen LogP contribution in [0.15, 0.2) is 18.5 Å². The standard InChI is InChI=1S/C14H23N5O/c1-4-12(5-2)19-8-7-11(16-19)9-18-10-13(15-17-18)14(20)6-3/h7-8,10,12,14,20H,4-6,9H2,1-3H3. The van der Waals surface area contributed by atoms with Gasteiger partial charge in [-0.3, -0.25) is 4.68 Å². The highest BCUT2D eigenvalue weighted by molar-refractivity contribution is 5.03. The lowest BCUT2D eigenvalue weighted by Gasteiger charge is -2.12. The molecule has 0 spiro atoms. The van der Waals surface area contributed by atoms with E-state index < -0.39 is 6.10 Å². The zero-order valence-electron chi connectivity index (χ0n) is 12.4. The molecule has 2 heterocycles. The molecule has 110 valence electrons. The van der Waals surface area contributed by atoms with Crippen LogP contribution in [0.1, 0.15) is 63.6 Å². The van der Waals surface area contributed by atoms with Crippen molar-refractivity contribution in [3.05, 3.63) is 29.8 Å². The third-order valence-electron chi connectivity index (χ3n) is 3.59. The molecule has 0 saturated heterocycles. The van der Waals surface area contributed by atoms with Crippen LogP contribution in [0.25, 0.3) is 0 Å². The molecular weight excluding hydrogens is 254 g/mol. The Hall–Kier alpha value is -1.69. The summed E-state index contributed by atoms with van der Waals surface area (Å²) >= 11 is 0. The van der Waals surface area contributed by atoms with Crippen LogP contribution < -0.4 is 0 Å². The molecule has 0 aliphatic carbocycles. The summed E-state index contributed by atoms with van der Waals surface area (Å²) in [5.41, 5.74) is 1.58. The highest BCUT2D eigenvalue weighted by Crippen LogP contribution is 2.15. The first-order chi connectivity index (χ1) is 9.67. The van der Waals surface area contributed by atoms with Crippen LogP contribution in [0.5, 0.6) is 0 Å². The summed E-state index contributed by atoms with van der Waals surface area (Å²) in [4.78, 5) is 0. The lowest BCUT2D eigenvalue weighted by molar-refractivity contribution is 0.168. The van der Waals surface area contributed by atoms with Crippen molar-refractivity contribution in [1.29, 1.82) is 0 Å². The summed E-state index contributed by atoms with van der Waals surface area (Å²) in [6.07, 6.45) is 6.06. The third kappa shape index (κ3) is 3.25. The van der Waals surface area contributed by atoms with Crippen molar-refractivity contribution in [2.45, 2.75) is 58.7 Å². The van der Waals surface area contributed by atoms with Gasteiger partial charge >= 0.3 is 0 Å². The lowest BCUT2D eigenvalue weighted by Crippen LogP contribution is -2.09. The molecule has 1 atom stereocenters. The van der Waals surface area contributed by atoms with Crippen LogP contribution in [0.4, 0.5) is 0 Å². The molecule has 0 fully saturated rings. The molecule has 2 rings (SSSR count). The number of aromatic nitrogens is 5. The van der Waals surface area contributed by atoms with Gasteiger partial charge in [0.1, 0.15) is 5.69 Å². The Balaban J connectivity index is 2.05. The number of aliphatic hydroxyl groups excluding tert-OH is 1. The monoisotopic (exact) mass is 277 g/mol. The molecular formula is C14H23N5O. The van der Waals surface area contributed by atoms with Gasteiger partial charge in [-0.1, -0.05) is 26.0 Å². The average molecular weight is 277 g/mol. The molecule has 6 heteroatoms. The molecule has 0 aliphatic heterocycles. The van der Waals surface area contributed by atoms with Gasteiger partial charge in [-0.25, -0.2) is 4.68 Å². The van der Waals surface area contributed by atoms with E-state index in [4.69, 9.17) is 0 Å². The molecule has 2 aromatic heterocycles. The molecule has 1 N–H and O–H groups in total. The molecule has 0 saturated carbocycles. The lowest BCUT2D eigenvalue weighted by atomic mass is 10.2. The Kier molecular flexibility index (Phi) is 4.89. The summed E-state index contributed by atoms with van der Waals surface area (Å²) in [5, 5.41) is 22.3. The van der Waals surface area contributed by atoms with Crippen LogP contribution in [-0.2, 0) is 6.54 Å². The second-order valence-electron chi connectivity index (χ2n) is 5.02. The van der Waals surface area contributed by atoms with Crippen molar-refractivity contribution in [1.82, 2.24) is 24.8 Å². The Morgan fingerprint density at radius 3 is 2.60 bits per heavy atom. The minimum Gasteiger partial charge on any atom is -0.387 e. The molecule has 0 aliphatic rings. The van der Waals surface area contributed by atoms with Crippen molar-refractivity contribution in [3.8, 4) is 0 Å². The van der Waals surface area contributed by atoms with E-state index in [2.05, 4.69) is 29.3 Å². The zero-order chi connectivity index (χ0) is 14.5. The van der Waals surface area contributed by atoms with Crippen molar-refractivity contribution >= 4 is 0 Å². The fraction of sp³-hybridized carbons (Fsp3) is 0.643. The Morgan fingerprint density at radius 1 is 1.20 bits per heavy atom. The van der Waals surface area contributed by atoms with Crippen LogP contribution in [0, 0.1) is 0 Å². The molecule has 1 unspecified atom stereocenters. The maximum atomic E-state index is 9.71. The predicted molar refractivity (Wildman–Crippen MR) is 76.2 cm³/mol. The molecule has 6 nitrogen and oxygen atoms in total. The van der Waals surface area contributed by atoms with Gasteiger partial charge < -0.3 is 5.11 Å². The minimum atomic E-state index is -0.536. The summed E-state index contributed by atoms with van der Waals surface area (Å²) in [6, 6.07) is 2.47. The van der Waals surface area contributed by atoms with E-state index in [1.54, 1.807) is 10.9 Å². The number of hydrogen-bond donors (Lipinski definition) is 1. The van der Waals surface area contributed by atoms with E-state index in [0.29, 0.717) is 24.7 Å². The fourth-order valence-corrected chi connectivity index (χ4v) is 2.25. The van der Waals surface area contributed by atoms with Crippen LogP contribution >= 0.6 is 0 Å². The van der Waals surface area contributed by atoms with Gasteiger partial charge in [0, 0.05) is 6.20 Å². The molecule has 2 aromatic rings. The first kappa shape index (κ1) is 14.7. The second kappa shape index (κ2) is 6.65. The zero-order valence-corrected chi connectivity index (χ0v) is 12.4. The average Bonchev–Trinajstić information content (AvgIpc) is 3.10. The normalized spacial score (nSPS) is 13.1. The van der Waals surface area contributed by atoms with Gasteiger partial charge in [-0.15, -0.1) is 5.10 Å². The Morgan fingerprint density at radius 2 is 1.95 bits per heavy atom. The summed E-state index contributed by atoms with van der Waals surface area (Å²) in [5.74, 6) is 0. The number of nitrogens with zero attached hydrogens (tertiary/aromatic N) is 5. The molecule has 0 aromatic carbocycles. The highest BCUT2D eigenvalue weighted by Gasteiger charge is 2.11. The largest absolute Gasteiger partial charge is 0.387 e. The van der Waals surface area contributed by atoms with Gasteiger partial charge in [-0.2, -0.15) is 5.10 Å². The third-order valence-corrected chi connectivity index (χ3v) is 3.59. The van der Waals surface area contributed by atoms with Crippen LogP contribution in [0.3, 0.4) is 0 Å². The van der Waals surface area contributed by atoms with E-state index >= 15 is 0 Å². The highest BCUT2D eigenvalue weighted by atomic mass is 16.3. The summed E-state index contributed by atoms with van der Waals surface area (Å²) in [7, 11) is 0. The molecule has 0 amide bonds. The topological polar surface area (TPSA) is 68.8 Å². The maximum absolute atomic E-state index is 9.71. The van der Waals surface area contributed by atoms with Gasteiger partial charge in [0.25, 0.3) is 0 Å². The van der Waals surface area contributed by atoms with Crippen molar-refractivity contribution in [2.24, 2.45) is 0 Å². The molecule has 20 heavy (non-hydrogen) atoms. The Labute approximate surface area is 119 Å². The van der Waals surface area contributed by atoms with Crippen molar-refractivity contribution in [2.75, 3.05) is 0 Å². The molecule has 0 radical (unpaired) electrons. The second-order valence-corrected chi connectivity index (χ2v) is 5.02. The van der Waals surface area contributed by atoms with Crippen molar-refractivity contribution < 1.29 is 5.11 Å². The van der Waals surface area contributed by atoms with Crippen LogP contribution in [0.2, 0.25) is 0 Å². The van der Waals surface area contributed by atoms with E-state index in [0.717, 1.165) is 18.5 Å². The van der Waals surface area contributed by atoms with Gasteiger partial charge in [-0.05, 0) is 25.3 Å². The SMILES string of the molecule is CCC(O)c1cn(Cc2ccn(C(CC)CC)n2)nn1. The summed E-state index contributed by atoms with van der Waals surface area (Å²) < 4.78 is 3.74. The van der Waals surface area contributed by atoms with Gasteiger partial charge in [0.2, 0.25) is 0 Å². The first-order valence-electron chi connectivity index (χ1n) is 7.30. The van der Waals surface area contributed by atoms with Gasteiger partial charge in [0.05, 0.1) is 30.6 Å². The quantitative estimate of drug-likeness (QED) is 0.843. The van der Waals surface area contributed by atoms with Crippen molar-refractivity contribution in [3.63, 3.8) is 0 Å². The first-order valence-corrected chi connectivity index (χ1v) is 7.30. The fourth-order valence-electron chi connectivity index (χ4n) is 2.25. The maximum Gasteiger partial charge on any atom is 0.111 e. The molecule has 0 bridgehead atoms. The van der Waals surface area contributed by atoms with E-state index in [9.17, 15) is 5.11 Å². The van der Waals surface area contributed by atoms with E-state index in [-0.39, 0.29) is 0 Å². The van der Waals surface area contributed by atoms with E-state index in [1.165, 1.54) is 0 Å². The predicted octanol–water partition coefficient (Wildman–Crippen LogP) is 2.33. The van der Waals surface area contributed by atoms with Gasteiger partial charge in [0.15, 0.2) is 0 Å². The number of aliphatic hydroxyl groups is 1. The number of rotatable bonds is 7. The Bertz CT molecular complexity index is 529. The minimum absolute atomic E-state index is 0.456. The summed E-state index contributed by atoms with van der Waals surface area (Å²) in [6.45, 7) is 6.84. The van der Waals surface area contributed by atoms with Crippen LogP contribution in [-0.4, -0.2) is 29.9 Å². The van der Waals surface area contributed by atoms with E-state index in [1.807, 2.05) is 23.9 Å². The smallest absolute Gasteiger partial charge is 0.111 e. The number of hydrogen-bond acceptors (Lipinski definition) is 4.